The fourth-order valence-electron chi connectivity index (χ4n) is 3.06. The monoisotopic (exact) mass is 260 g/mol. The van der Waals surface area contributed by atoms with Crippen LogP contribution in [0.1, 0.15) is 42.5 Å². The van der Waals surface area contributed by atoms with Crippen molar-refractivity contribution in [1.29, 1.82) is 0 Å². The number of aryl methyl sites for hydroxylation is 2. The van der Waals surface area contributed by atoms with E-state index in [1.54, 1.807) is 0 Å². The minimum atomic E-state index is 0.453. The third-order valence-electron chi connectivity index (χ3n) is 4.47. The fraction of sp³-hybridized carbons (Fsp3) is 0.647. The average molecular weight is 260 g/mol. The third-order valence-corrected chi connectivity index (χ3v) is 4.47. The van der Waals surface area contributed by atoms with E-state index in [4.69, 9.17) is 0 Å². The van der Waals surface area contributed by atoms with E-state index >= 15 is 0 Å². The highest BCUT2D eigenvalue weighted by molar-refractivity contribution is 5.33. The molecule has 1 atom stereocenters. The van der Waals surface area contributed by atoms with Crippen molar-refractivity contribution in [2.75, 3.05) is 26.7 Å². The Morgan fingerprint density at radius 3 is 2.53 bits per heavy atom. The van der Waals surface area contributed by atoms with Gasteiger partial charge in [-0.2, -0.15) is 0 Å². The van der Waals surface area contributed by atoms with Crippen LogP contribution in [0.5, 0.6) is 0 Å². The number of likely N-dealkylation sites (N-methyl/N-ethyl adjacent to an activating group) is 1. The van der Waals surface area contributed by atoms with Gasteiger partial charge in [-0.15, -0.1) is 0 Å². The molecule has 0 aromatic heterocycles. The Bertz CT molecular complexity index is 406. The first-order chi connectivity index (χ1) is 9.10. The molecule has 0 saturated carbocycles. The summed E-state index contributed by atoms with van der Waals surface area (Å²) in [6, 6.07) is 7.26. The largest absolute Gasteiger partial charge is 0.312 e. The zero-order valence-electron chi connectivity index (χ0n) is 12.9. The number of nitrogens with one attached hydrogen (secondary N) is 1. The molecule has 1 aromatic carbocycles. The molecule has 106 valence electrons. The second-order valence-corrected chi connectivity index (χ2v) is 6.18. The summed E-state index contributed by atoms with van der Waals surface area (Å²) in [5.41, 5.74) is 4.21. The lowest BCUT2D eigenvalue weighted by Crippen LogP contribution is -2.39. The van der Waals surface area contributed by atoms with Crippen LogP contribution >= 0.6 is 0 Å². The maximum absolute atomic E-state index is 3.50. The number of hydrogen-bond donors (Lipinski definition) is 1. The Hall–Kier alpha value is -0.860. The Balaban J connectivity index is 2.03. The third kappa shape index (κ3) is 3.80. The average Bonchev–Trinajstić information content (AvgIpc) is 2.39. The van der Waals surface area contributed by atoms with Crippen LogP contribution in [0.4, 0.5) is 0 Å². The predicted octanol–water partition coefficient (Wildman–Crippen LogP) is 3.30. The van der Waals surface area contributed by atoms with Crippen molar-refractivity contribution in [2.45, 2.75) is 39.7 Å². The molecule has 0 radical (unpaired) electrons. The lowest BCUT2D eigenvalue weighted by molar-refractivity contribution is 0.177. The first-order valence-electron chi connectivity index (χ1n) is 7.57. The molecule has 1 aliphatic heterocycles. The molecule has 0 bridgehead atoms. The van der Waals surface area contributed by atoms with E-state index in [0.717, 1.165) is 12.5 Å². The SMILES string of the molecule is CNC(CN1CCC(C)CC1)c1ccc(C)cc1C. The minimum Gasteiger partial charge on any atom is -0.312 e. The highest BCUT2D eigenvalue weighted by Gasteiger charge is 2.20. The molecule has 0 aliphatic carbocycles. The van der Waals surface area contributed by atoms with Crippen LogP contribution in [0, 0.1) is 19.8 Å². The van der Waals surface area contributed by atoms with Crippen molar-refractivity contribution >= 4 is 0 Å². The van der Waals surface area contributed by atoms with Crippen LogP contribution in [0.15, 0.2) is 18.2 Å². The van der Waals surface area contributed by atoms with Gasteiger partial charge in [0.15, 0.2) is 0 Å². The van der Waals surface area contributed by atoms with Crippen molar-refractivity contribution < 1.29 is 0 Å². The number of likely N-dealkylation sites (tertiary alicyclic amines) is 1. The molecular weight excluding hydrogens is 232 g/mol. The number of hydrogen-bond acceptors (Lipinski definition) is 2. The Morgan fingerprint density at radius 1 is 1.26 bits per heavy atom. The van der Waals surface area contributed by atoms with E-state index in [0.29, 0.717) is 6.04 Å². The minimum absolute atomic E-state index is 0.453. The topological polar surface area (TPSA) is 15.3 Å². The molecule has 1 aromatic rings. The van der Waals surface area contributed by atoms with E-state index in [2.05, 4.69) is 56.2 Å². The lowest BCUT2D eigenvalue weighted by atomic mass is 9.96. The second-order valence-electron chi connectivity index (χ2n) is 6.18. The normalized spacial score (nSPS) is 19.6. The van der Waals surface area contributed by atoms with Crippen molar-refractivity contribution in [3.05, 3.63) is 34.9 Å². The summed E-state index contributed by atoms with van der Waals surface area (Å²) in [7, 11) is 2.08. The molecule has 1 N–H and O–H groups in total. The molecule has 1 fully saturated rings. The molecule has 2 heteroatoms. The van der Waals surface area contributed by atoms with Crippen LogP contribution < -0.4 is 5.32 Å². The molecular formula is C17H28N2. The van der Waals surface area contributed by atoms with E-state index < -0.39 is 0 Å². The van der Waals surface area contributed by atoms with Crippen LogP contribution in [-0.2, 0) is 0 Å². The number of piperidine rings is 1. The molecule has 1 unspecified atom stereocenters. The van der Waals surface area contributed by atoms with E-state index in [-0.39, 0.29) is 0 Å². The van der Waals surface area contributed by atoms with Gasteiger partial charge in [0.25, 0.3) is 0 Å². The van der Waals surface area contributed by atoms with Crippen LogP contribution in [0.3, 0.4) is 0 Å². The van der Waals surface area contributed by atoms with Crippen molar-refractivity contribution in [3.63, 3.8) is 0 Å². The maximum atomic E-state index is 3.50. The Morgan fingerprint density at radius 2 is 1.95 bits per heavy atom. The fourth-order valence-corrected chi connectivity index (χ4v) is 3.06. The summed E-state index contributed by atoms with van der Waals surface area (Å²) in [6.07, 6.45) is 2.70. The number of rotatable bonds is 4. The lowest BCUT2D eigenvalue weighted by Gasteiger charge is -2.33. The molecule has 19 heavy (non-hydrogen) atoms. The predicted molar refractivity (Wildman–Crippen MR) is 82.6 cm³/mol. The van der Waals surface area contributed by atoms with Gasteiger partial charge in [-0.1, -0.05) is 30.7 Å². The molecule has 1 aliphatic rings. The van der Waals surface area contributed by atoms with Gasteiger partial charge in [0.1, 0.15) is 0 Å². The van der Waals surface area contributed by atoms with Gasteiger partial charge >= 0.3 is 0 Å². The standard InChI is InChI=1S/C17H28N2/c1-13-7-9-19(10-8-13)12-17(18-4)16-6-5-14(2)11-15(16)3/h5-6,11,13,17-18H,7-10,12H2,1-4H3. The first-order valence-corrected chi connectivity index (χ1v) is 7.57. The molecule has 2 rings (SSSR count). The van der Waals surface area contributed by atoms with Gasteiger partial charge in [0, 0.05) is 12.6 Å². The van der Waals surface area contributed by atoms with Crippen LogP contribution in [0.2, 0.25) is 0 Å². The van der Waals surface area contributed by atoms with Crippen LogP contribution in [0.25, 0.3) is 0 Å². The molecule has 2 nitrogen and oxygen atoms in total. The Labute approximate surface area is 118 Å². The summed E-state index contributed by atoms with van der Waals surface area (Å²) in [5, 5.41) is 3.50. The second kappa shape index (κ2) is 6.53. The molecule has 0 spiro atoms. The van der Waals surface area contributed by atoms with Gasteiger partial charge in [-0.05, 0) is 63.9 Å². The van der Waals surface area contributed by atoms with Gasteiger partial charge in [-0.25, -0.2) is 0 Å². The first kappa shape index (κ1) is 14.5. The number of nitrogens with zero attached hydrogens (tertiary/aromatic N) is 1. The highest BCUT2D eigenvalue weighted by atomic mass is 15.1. The van der Waals surface area contributed by atoms with Crippen molar-refractivity contribution in [2.24, 2.45) is 5.92 Å². The maximum Gasteiger partial charge on any atom is 0.0449 e. The summed E-state index contributed by atoms with van der Waals surface area (Å²) < 4.78 is 0. The van der Waals surface area contributed by atoms with Gasteiger partial charge in [0.2, 0.25) is 0 Å². The van der Waals surface area contributed by atoms with Crippen LogP contribution in [-0.4, -0.2) is 31.6 Å². The Kier molecular flexibility index (Phi) is 5.00. The van der Waals surface area contributed by atoms with Gasteiger partial charge in [0.05, 0.1) is 0 Å². The highest BCUT2D eigenvalue weighted by Crippen LogP contribution is 2.22. The van der Waals surface area contributed by atoms with E-state index in [1.165, 1.54) is 42.6 Å². The summed E-state index contributed by atoms with van der Waals surface area (Å²) in [4.78, 5) is 2.61. The quantitative estimate of drug-likeness (QED) is 0.893. The molecule has 1 saturated heterocycles. The zero-order valence-corrected chi connectivity index (χ0v) is 12.9. The summed E-state index contributed by atoms with van der Waals surface area (Å²) in [6.45, 7) is 10.4. The van der Waals surface area contributed by atoms with Crippen molar-refractivity contribution in [3.8, 4) is 0 Å². The van der Waals surface area contributed by atoms with Gasteiger partial charge < -0.3 is 10.2 Å². The summed E-state index contributed by atoms with van der Waals surface area (Å²) >= 11 is 0. The number of benzene rings is 1. The molecule has 1 heterocycles. The van der Waals surface area contributed by atoms with Gasteiger partial charge in [-0.3, -0.25) is 0 Å². The molecule has 0 amide bonds. The smallest absolute Gasteiger partial charge is 0.0449 e. The zero-order chi connectivity index (χ0) is 13.8. The summed E-state index contributed by atoms with van der Waals surface area (Å²) in [5.74, 6) is 0.908. The van der Waals surface area contributed by atoms with E-state index in [9.17, 15) is 0 Å². The van der Waals surface area contributed by atoms with E-state index in [1.807, 2.05) is 0 Å². The van der Waals surface area contributed by atoms with Crippen molar-refractivity contribution in [1.82, 2.24) is 10.2 Å².